The zero-order chi connectivity index (χ0) is 21.3. The van der Waals surface area contributed by atoms with Crippen molar-refractivity contribution in [3.8, 4) is 17.4 Å². The highest BCUT2D eigenvalue weighted by atomic mass is 32.2. The van der Waals surface area contributed by atoms with Gasteiger partial charge in [-0.05, 0) is 38.1 Å². The monoisotopic (exact) mass is 418 g/mol. The summed E-state index contributed by atoms with van der Waals surface area (Å²) in [5.41, 5.74) is 0.610. The molecule has 0 saturated carbocycles. The van der Waals surface area contributed by atoms with E-state index in [0.717, 1.165) is 5.56 Å². The summed E-state index contributed by atoms with van der Waals surface area (Å²) in [6.45, 7) is 3.39. The van der Waals surface area contributed by atoms with Gasteiger partial charge in [0, 0.05) is 11.1 Å². The van der Waals surface area contributed by atoms with Crippen molar-refractivity contribution in [2.24, 2.45) is 0 Å². The van der Waals surface area contributed by atoms with Crippen LogP contribution < -0.4 is 13.7 Å². The maximum Gasteiger partial charge on any atom is 0.340 e. The molecule has 152 valence electrons. The van der Waals surface area contributed by atoms with Gasteiger partial charge in [-0.1, -0.05) is 17.7 Å². The lowest BCUT2D eigenvalue weighted by Crippen LogP contribution is -2.12. The number of ether oxygens (including phenoxy) is 2. The van der Waals surface area contributed by atoms with Crippen LogP contribution in [0.4, 0.5) is 5.69 Å². The third kappa shape index (κ3) is 3.79. The maximum atomic E-state index is 12.6. The Morgan fingerprint density at radius 1 is 0.966 bits per heavy atom. The SMILES string of the molecule is COc1cc2c(C)nc(OS(=O)(=O)c3ccc(C)cc3)c([N+](=O)[O-])c2cc1OC. The van der Waals surface area contributed by atoms with Gasteiger partial charge in [0.25, 0.3) is 0 Å². The standard InChI is InChI=1S/C19H18N2O7S/c1-11-5-7-13(8-6-11)29(24,25)28-19-18(21(22)23)15-10-17(27-4)16(26-3)9-14(15)12(2)20-19/h5-10H,1-4H3. The number of aryl methyl sites for hydroxylation is 2. The lowest BCUT2D eigenvalue weighted by atomic mass is 10.1. The highest BCUT2D eigenvalue weighted by Crippen LogP contribution is 2.41. The number of aromatic nitrogens is 1. The molecule has 0 radical (unpaired) electrons. The second-order valence-corrected chi connectivity index (χ2v) is 7.76. The molecular formula is C19H18N2O7S. The van der Waals surface area contributed by atoms with E-state index in [4.69, 9.17) is 13.7 Å². The molecule has 1 heterocycles. The maximum absolute atomic E-state index is 12.6. The van der Waals surface area contributed by atoms with Crippen LogP contribution in [0, 0.1) is 24.0 Å². The first-order valence-electron chi connectivity index (χ1n) is 8.40. The molecule has 0 amide bonds. The minimum Gasteiger partial charge on any atom is -0.493 e. The first-order valence-corrected chi connectivity index (χ1v) is 9.80. The highest BCUT2D eigenvalue weighted by Gasteiger charge is 2.29. The van der Waals surface area contributed by atoms with Crippen molar-refractivity contribution in [3.05, 3.63) is 57.8 Å². The van der Waals surface area contributed by atoms with E-state index in [1.165, 1.54) is 32.4 Å². The van der Waals surface area contributed by atoms with E-state index in [1.54, 1.807) is 32.0 Å². The number of hydrogen-bond donors (Lipinski definition) is 0. The number of hydrogen-bond acceptors (Lipinski definition) is 8. The number of pyridine rings is 1. The van der Waals surface area contributed by atoms with E-state index >= 15 is 0 Å². The van der Waals surface area contributed by atoms with Crippen LogP contribution in [0.15, 0.2) is 41.3 Å². The van der Waals surface area contributed by atoms with Crippen molar-refractivity contribution in [2.45, 2.75) is 18.7 Å². The van der Waals surface area contributed by atoms with E-state index in [-0.39, 0.29) is 16.0 Å². The van der Waals surface area contributed by atoms with Gasteiger partial charge < -0.3 is 13.7 Å². The normalized spacial score (nSPS) is 11.3. The lowest BCUT2D eigenvalue weighted by molar-refractivity contribution is -0.384. The molecule has 0 fully saturated rings. The van der Waals surface area contributed by atoms with Crippen molar-refractivity contribution >= 4 is 26.6 Å². The summed E-state index contributed by atoms with van der Waals surface area (Å²) in [4.78, 5) is 15.0. The predicted octanol–water partition coefficient (Wildman–Crippen LogP) is 3.54. The topological polar surface area (TPSA) is 118 Å². The molecule has 0 aliphatic heterocycles. The fourth-order valence-corrected chi connectivity index (χ4v) is 3.74. The molecule has 0 bridgehead atoms. The van der Waals surface area contributed by atoms with Gasteiger partial charge >= 0.3 is 21.7 Å². The van der Waals surface area contributed by atoms with Gasteiger partial charge in [-0.25, -0.2) is 4.98 Å². The van der Waals surface area contributed by atoms with Gasteiger partial charge in [0.05, 0.1) is 24.5 Å². The van der Waals surface area contributed by atoms with Crippen molar-refractivity contribution in [1.29, 1.82) is 0 Å². The van der Waals surface area contributed by atoms with Crippen LogP contribution in [-0.4, -0.2) is 32.5 Å². The van der Waals surface area contributed by atoms with Gasteiger partial charge in [-0.15, -0.1) is 0 Å². The van der Waals surface area contributed by atoms with Crippen LogP contribution in [0.5, 0.6) is 17.4 Å². The molecule has 0 aliphatic rings. The number of nitrogens with zero attached hydrogens (tertiary/aromatic N) is 2. The fourth-order valence-electron chi connectivity index (χ4n) is 2.85. The molecule has 0 saturated heterocycles. The Morgan fingerprint density at radius 3 is 2.03 bits per heavy atom. The molecule has 0 spiro atoms. The molecule has 0 N–H and O–H groups in total. The van der Waals surface area contributed by atoms with Crippen molar-refractivity contribution in [2.75, 3.05) is 14.2 Å². The van der Waals surface area contributed by atoms with Crippen molar-refractivity contribution < 1.29 is 27.0 Å². The summed E-state index contributed by atoms with van der Waals surface area (Å²) in [6.07, 6.45) is 0. The second kappa shape index (κ2) is 7.55. The van der Waals surface area contributed by atoms with E-state index in [2.05, 4.69) is 4.98 Å². The minimum atomic E-state index is -4.32. The summed E-state index contributed by atoms with van der Waals surface area (Å²) < 4.78 is 40.8. The van der Waals surface area contributed by atoms with Crippen LogP contribution in [-0.2, 0) is 10.1 Å². The van der Waals surface area contributed by atoms with Crippen LogP contribution in [0.2, 0.25) is 0 Å². The number of benzene rings is 2. The molecule has 0 unspecified atom stereocenters. The van der Waals surface area contributed by atoms with Crippen LogP contribution in [0.25, 0.3) is 10.8 Å². The number of rotatable bonds is 6. The van der Waals surface area contributed by atoms with Crippen molar-refractivity contribution in [1.82, 2.24) is 4.98 Å². The van der Waals surface area contributed by atoms with Gasteiger partial charge in [-0.3, -0.25) is 10.1 Å². The molecule has 0 aliphatic carbocycles. The van der Waals surface area contributed by atoms with Crippen LogP contribution in [0.1, 0.15) is 11.3 Å². The summed E-state index contributed by atoms with van der Waals surface area (Å²) in [5.74, 6) is -0.00557. The number of methoxy groups -OCH3 is 2. The van der Waals surface area contributed by atoms with E-state index < -0.39 is 26.6 Å². The third-order valence-electron chi connectivity index (χ3n) is 4.32. The smallest absolute Gasteiger partial charge is 0.340 e. The summed E-state index contributed by atoms with van der Waals surface area (Å²) in [5, 5.41) is 12.3. The Hall–Kier alpha value is -3.40. The van der Waals surface area contributed by atoms with Gasteiger partial charge in [0.15, 0.2) is 11.5 Å². The predicted molar refractivity (Wildman–Crippen MR) is 105 cm³/mol. The Bertz CT molecular complexity index is 1210. The van der Waals surface area contributed by atoms with Crippen LogP contribution in [0.3, 0.4) is 0 Å². The average molecular weight is 418 g/mol. The average Bonchev–Trinajstić information content (AvgIpc) is 2.66. The molecule has 3 aromatic rings. The first kappa shape index (κ1) is 20.3. The van der Waals surface area contributed by atoms with Gasteiger partial charge in [0.2, 0.25) is 0 Å². The lowest BCUT2D eigenvalue weighted by Gasteiger charge is -2.13. The first-order chi connectivity index (χ1) is 13.7. The molecule has 9 nitrogen and oxygen atoms in total. The quantitative estimate of drug-likeness (QED) is 0.339. The zero-order valence-corrected chi connectivity index (χ0v) is 16.9. The Labute approximate surface area is 167 Å². The molecule has 29 heavy (non-hydrogen) atoms. The highest BCUT2D eigenvalue weighted by molar-refractivity contribution is 7.87. The van der Waals surface area contributed by atoms with Gasteiger partial charge in [-0.2, -0.15) is 8.42 Å². The summed E-state index contributed by atoms with van der Waals surface area (Å²) in [6, 6.07) is 8.85. The molecular weight excluding hydrogens is 400 g/mol. The van der Waals surface area contributed by atoms with Gasteiger partial charge in [0.1, 0.15) is 4.90 Å². The molecule has 3 rings (SSSR count). The largest absolute Gasteiger partial charge is 0.493 e. The molecule has 10 heteroatoms. The van der Waals surface area contributed by atoms with E-state index in [1.807, 2.05) is 0 Å². The molecule has 0 atom stereocenters. The molecule has 2 aromatic carbocycles. The summed E-state index contributed by atoms with van der Waals surface area (Å²) >= 11 is 0. The second-order valence-electron chi connectivity index (χ2n) is 6.21. The third-order valence-corrected chi connectivity index (χ3v) is 5.55. The van der Waals surface area contributed by atoms with Crippen LogP contribution >= 0.6 is 0 Å². The van der Waals surface area contributed by atoms with E-state index in [0.29, 0.717) is 16.8 Å². The summed E-state index contributed by atoms with van der Waals surface area (Å²) in [7, 11) is -1.49. The van der Waals surface area contributed by atoms with E-state index in [9.17, 15) is 18.5 Å². The Balaban J connectivity index is 2.23. The number of nitro groups is 1. The van der Waals surface area contributed by atoms with Crippen molar-refractivity contribution in [3.63, 3.8) is 0 Å². The Kier molecular flexibility index (Phi) is 5.29. The minimum absolute atomic E-state index is 0.120. The Morgan fingerprint density at radius 2 is 1.52 bits per heavy atom. The zero-order valence-electron chi connectivity index (χ0n) is 16.1. The fraction of sp³-hybridized carbons (Fsp3) is 0.211. The molecule has 1 aromatic heterocycles. The number of fused-ring (bicyclic) bond motifs is 1.